The maximum Gasteiger partial charge on any atom is 0.317 e. The number of pyridine rings is 1. The first-order valence-electron chi connectivity index (χ1n) is 9.40. The van der Waals surface area contributed by atoms with E-state index in [1.807, 2.05) is 49.4 Å². The Hall–Kier alpha value is -3.41. The van der Waals surface area contributed by atoms with Gasteiger partial charge in [0, 0.05) is 19.8 Å². The van der Waals surface area contributed by atoms with E-state index in [9.17, 15) is 9.18 Å². The summed E-state index contributed by atoms with van der Waals surface area (Å²) in [6, 6.07) is 19.1. The van der Waals surface area contributed by atoms with Crippen molar-refractivity contribution in [2.45, 2.75) is 26.1 Å². The first-order chi connectivity index (χ1) is 14.0. The van der Waals surface area contributed by atoms with Crippen molar-refractivity contribution in [3.8, 4) is 5.75 Å². The Morgan fingerprint density at radius 2 is 1.83 bits per heavy atom. The third-order valence-electron chi connectivity index (χ3n) is 4.73. The van der Waals surface area contributed by atoms with Crippen LogP contribution in [0.3, 0.4) is 0 Å². The van der Waals surface area contributed by atoms with Gasteiger partial charge in [0.1, 0.15) is 18.2 Å². The number of carbonyl (C=O) groups is 1. The fraction of sp³-hybridized carbons (Fsp3) is 0.217. The van der Waals surface area contributed by atoms with Gasteiger partial charge in [-0.15, -0.1) is 0 Å². The molecule has 1 aromatic heterocycles. The van der Waals surface area contributed by atoms with Gasteiger partial charge in [0.15, 0.2) is 0 Å². The van der Waals surface area contributed by atoms with Crippen LogP contribution in [-0.2, 0) is 13.2 Å². The second kappa shape index (κ2) is 9.68. The zero-order valence-electron chi connectivity index (χ0n) is 16.5. The second-order valence-corrected chi connectivity index (χ2v) is 6.75. The molecular formula is C23H24FN3O2. The largest absolute Gasteiger partial charge is 0.487 e. The average molecular weight is 393 g/mol. The fourth-order valence-electron chi connectivity index (χ4n) is 2.79. The Morgan fingerprint density at radius 3 is 2.48 bits per heavy atom. The van der Waals surface area contributed by atoms with Crippen LogP contribution >= 0.6 is 0 Å². The first kappa shape index (κ1) is 20.3. The molecule has 0 saturated carbocycles. The van der Waals surface area contributed by atoms with Gasteiger partial charge in [-0.2, -0.15) is 0 Å². The summed E-state index contributed by atoms with van der Waals surface area (Å²) >= 11 is 0. The number of nitrogens with one attached hydrogen (secondary N) is 1. The summed E-state index contributed by atoms with van der Waals surface area (Å²) in [5, 5.41) is 2.90. The van der Waals surface area contributed by atoms with Crippen molar-refractivity contribution >= 4 is 6.03 Å². The highest BCUT2D eigenvalue weighted by molar-refractivity contribution is 5.74. The summed E-state index contributed by atoms with van der Waals surface area (Å²) in [5.74, 6) is 0.452. The van der Waals surface area contributed by atoms with Gasteiger partial charge in [0.05, 0.1) is 11.7 Å². The standard InChI is InChI=1S/C23H24FN3O2/c1-17(19-8-10-20(24)11-9-19)27(2)23(28)26-15-18-6-12-22(13-7-18)29-16-21-5-3-4-14-25-21/h3-14,17H,15-16H2,1-2H3,(H,26,28)/t17-/m1/s1. The molecule has 3 rings (SSSR count). The summed E-state index contributed by atoms with van der Waals surface area (Å²) < 4.78 is 18.8. The molecule has 0 spiro atoms. The maximum atomic E-state index is 13.1. The zero-order chi connectivity index (χ0) is 20.6. The van der Waals surface area contributed by atoms with E-state index in [-0.39, 0.29) is 17.9 Å². The minimum absolute atomic E-state index is 0.169. The molecule has 0 radical (unpaired) electrons. The number of aromatic nitrogens is 1. The Morgan fingerprint density at radius 1 is 1.10 bits per heavy atom. The number of urea groups is 1. The topological polar surface area (TPSA) is 54.5 Å². The van der Waals surface area contributed by atoms with E-state index < -0.39 is 0 Å². The lowest BCUT2D eigenvalue weighted by Gasteiger charge is -2.25. The van der Waals surface area contributed by atoms with E-state index in [1.54, 1.807) is 30.3 Å². The van der Waals surface area contributed by atoms with Gasteiger partial charge in [-0.1, -0.05) is 30.3 Å². The van der Waals surface area contributed by atoms with E-state index in [0.29, 0.717) is 13.2 Å². The smallest absolute Gasteiger partial charge is 0.317 e. The monoisotopic (exact) mass is 393 g/mol. The van der Waals surface area contributed by atoms with Gasteiger partial charge in [0.25, 0.3) is 0 Å². The van der Waals surface area contributed by atoms with Crippen LogP contribution in [0.4, 0.5) is 9.18 Å². The Kier molecular flexibility index (Phi) is 6.79. The third kappa shape index (κ3) is 5.78. The number of hydrogen-bond donors (Lipinski definition) is 1. The number of rotatable bonds is 7. The molecular weight excluding hydrogens is 369 g/mol. The fourth-order valence-corrected chi connectivity index (χ4v) is 2.79. The molecule has 6 heteroatoms. The predicted octanol–water partition coefficient (Wildman–Crippen LogP) is 4.70. The minimum atomic E-state index is -0.291. The predicted molar refractivity (Wildman–Crippen MR) is 110 cm³/mol. The summed E-state index contributed by atoms with van der Waals surface area (Å²) in [6.07, 6.45) is 1.73. The molecule has 0 fully saturated rings. The minimum Gasteiger partial charge on any atom is -0.487 e. The zero-order valence-corrected chi connectivity index (χ0v) is 16.5. The van der Waals surface area contributed by atoms with E-state index in [2.05, 4.69) is 10.3 Å². The molecule has 1 atom stereocenters. The Bertz CT molecular complexity index is 915. The molecule has 3 aromatic rings. The number of ether oxygens (including phenoxy) is 1. The molecule has 0 unspecified atom stereocenters. The Labute approximate surface area is 170 Å². The lowest BCUT2D eigenvalue weighted by Crippen LogP contribution is -2.38. The van der Waals surface area contributed by atoms with Crippen LogP contribution in [0.15, 0.2) is 72.9 Å². The van der Waals surface area contributed by atoms with Crippen LogP contribution in [0.5, 0.6) is 5.75 Å². The molecule has 0 aliphatic rings. The van der Waals surface area contributed by atoms with Crippen molar-refractivity contribution in [3.63, 3.8) is 0 Å². The highest BCUT2D eigenvalue weighted by atomic mass is 19.1. The van der Waals surface area contributed by atoms with Gasteiger partial charge in [-0.3, -0.25) is 4.98 Å². The molecule has 1 N–H and O–H groups in total. The summed E-state index contributed by atoms with van der Waals surface area (Å²) in [5.41, 5.74) is 2.70. The van der Waals surface area contributed by atoms with E-state index in [1.165, 1.54) is 12.1 Å². The number of carbonyl (C=O) groups excluding carboxylic acids is 1. The lowest BCUT2D eigenvalue weighted by atomic mass is 10.1. The van der Waals surface area contributed by atoms with Crippen LogP contribution in [-0.4, -0.2) is 23.0 Å². The normalized spacial score (nSPS) is 11.6. The second-order valence-electron chi connectivity index (χ2n) is 6.75. The quantitative estimate of drug-likeness (QED) is 0.633. The summed E-state index contributed by atoms with van der Waals surface area (Å²) in [4.78, 5) is 18.2. The van der Waals surface area contributed by atoms with Gasteiger partial charge >= 0.3 is 6.03 Å². The van der Waals surface area contributed by atoms with Crippen molar-refractivity contribution in [1.82, 2.24) is 15.2 Å². The average Bonchev–Trinajstić information content (AvgIpc) is 2.77. The van der Waals surface area contributed by atoms with E-state index >= 15 is 0 Å². The van der Waals surface area contributed by atoms with Gasteiger partial charge in [-0.25, -0.2) is 9.18 Å². The highest BCUT2D eigenvalue weighted by Crippen LogP contribution is 2.19. The molecule has 5 nitrogen and oxygen atoms in total. The van der Waals surface area contributed by atoms with Crippen molar-refractivity contribution in [1.29, 1.82) is 0 Å². The number of hydrogen-bond acceptors (Lipinski definition) is 3. The van der Waals surface area contributed by atoms with Crippen LogP contribution in [0, 0.1) is 5.82 Å². The number of nitrogens with zero attached hydrogens (tertiary/aromatic N) is 2. The molecule has 1 heterocycles. The molecule has 29 heavy (non-hydrogen) atoms. The molecule has 2 aromatic carbocycles. The number of amides is 2. The molecule has 0 aliphatic heterocycles. The van der Waals surface area contributed by atoms with E-state index in [0.717, 1.165) is 22.6 Å². The van der Waals surface area contributed by atoms with Crippen LogP contribution in [0.25, 0.3) is 0 Å². The number of benzene rings is 2. The van der Waals surface area contributed by atoms with Crippen LogP contribution < -0.4 is 10.1 Å². The SMILES string of the molecule is C[C@H](c1ccc(F)cc1)N(C)C(=O)NCc1ccc(OCc2ccccn2)cc1. The van der Waals surface area contributed by atoms with Crippen LogP contribution in [0.2, 0.25) is 0 Å². The van der Waals surface area contributed by atoms with Gasteiger partial charge in [-0.05, 0) is 54.4 Å². The van der Waals surface area contributed by atoms with Gasteiger partial charge in [0.2, 0.25) is 0 Å². The van der Waals surface area contributed by atoms with E-state index in [4.69, 9.17) is 4.74 Å². The van der Waals surface area contributed by atoms with Crippen molar-refractivity contribution in [2.75, 3.05) is 7.05 Å². The molecule has 2 amide bonds. The number of halogens is 1. The third-order valence-corrected chi connectivity index (χ3v) is 4.73. The lowest BCUT2D eigenvalue weighted by molar-refractivity contribution is 0.194. The van der Waals surface area contributed by atoms with Crippen molar-refractivity contribution in [2.24, 2.45) is 0 Å². The molecule has 0 aliphatic carbocycles. The molecule has 0 saturated heterocycles. The van der Waals surface area contributed by atoms with Crippen LogP contribution in [0.1, 0.15) is 29.8 Å². The molecule has 0 bridgehead atoms. The molecule has 150 valence electrons. The van der Waals surface area contributed by atoms with Crippen molar-refractivity contribution < 1.29 is 13.9 Å². The maximum absolute atomic E-state index is 13.1. The summed E-state index contributed by atoms with van der Waals surface area (Å²) in [6.45, 7) is 2.71. The summed E-state index contributed by atoms with van der Waals surface area (Å²) in [7, 11) is 1.72. The Balaban J connectivity index is 1.48. The highest BCUT2D eigenvalue weighted by Gasteiger charge is 2.17. The van der Waals surface area contributed by atoms with Crippen molar-refractivity contribution in [3.05, 3.63) is 95.6 Å². The first-order valence-corrected chi connectivity index (χ1v) is 9.40. The van der Waals surface area contributed by atoms with Gasteiger partial charge < -0.3 is 15.0 Å².